The predicted octanol–water partition coefficient (Wildman–Crippen LogP) is 3.55. The third-order valence-electron chi connectivity index (χ3n) is 2.46. The van der Waals surface area contributed by atoms with Crippen LogP contribution in [0.1, 0.15) is 15.2 Å². The number of amides is 1. The Hall–Kier alpha value is -1.33. The average Bonchev–Trinajstić information content (AvgIpc) is 2.92. The van der Waals surface area contributed by atoms with Crippen LogP contribution in [0, 0.1) is 5.82 Å². The number of hydrogen-bond acceptors (Lipinski definition) is 3. The van der Waals surface area contributed by atoms with Crippen LogP contribution in [0.4, 0.5) is 4.39 Å². The number of rotatable bonds is 6. The molecule has 1 N–H and O–H groups in total. The van der Waals surface area contributed by atoms with E-state index in [0.29, 0.717) is 12.1 Å². The summed E-state index contributed by atoms with van der Waals surface area (Å²) in [4.78, 5) is 13.0. The molecule has 0 aliphatic carbocycles. The minimum absolute atomic E-state index is 0.156. The SMILES string of the molecule is O=C(NCCSCc1cccs1)c1ccc(F)cc1. The van der Waals surface area contributed by atoms with E-state index in [-0.39, 0.29) is 11.7 Å². The van der Waals surface area contributed by atoms with Crippen molar-refractivity contribution < 1.29 is 9.18 Å². The van der Waals surface area contributed by atoms with Crippen molar-refractivity contribution in [3.8, 4) is 0 Å². The van der Waals surface area contributed by atoms with E-state index in [1.54, 1.807) is 23.1 Å². The van der Waals surface area contributed by atoms with Gasteiger partial charge in [-0.1, -0.05) is 6.07 Å². The molecule has 0 atom stereocenters. The van der Waals surface area contributed by atoms with E-state index in [4.69, 9.17) is 0 Å². The third-order valence-corrected chi connectivity index (χ3v) is 4.53. The number of nitrogens with one attached hydrogen (secondary N) is 1. The largest absolute Gasteiger partial charge is 0.351 e. The van der Waals surface area contributed by atoms with Crippen molar-refractivity contribution in [2.45, 2.75) is 5.75 Å². The van der Waals surface area contributed by atoms with Crippen LogP contribution >= 0.6 is 23.1 Å². The molecule has 1 heterocycles. The minimum Gasteiger partial charge on any atom is -0.351 e. The van der Waals surface area contributed by atoms with Gasteiger partial charge in [0.05, 0.1) is 0 Å². The van der Waals surface area contributed by atoms with Gasteiger partial charge in [-0.15, -0.1) is 11.3 Å². The van der Waals surface area contributed by atoms with Gasteiger partial charge in [-0.2, -0.15) is 11.8 Å². The van der Waals surface area contributed by atoms with E-state index in [0.717, 1.165) is 11.5 Å². The molecule has 5 heteroatoms. The lowest BCUT2D eigenvalue weighted by Gasteiger charge is -2.04. The molecule has 100 valence electrons. The summed E-state index contributed by atoms with van der Waals surface area (Å²) < 4.78 is 12.7. The number of thioether (sulfide) groups is 1. The monoisotopic (exact) mass is 295 g/mol. The molecule has 0 unspecified atom stereocenters. The highest BCUT2D eigenvalue weighted by molar-refractivity contribution is 7.98. The van der Waals surface area contributed by atoms with Crippen molar-refractivity contribution >= 4 is 29.0 Å². The first-order valence-corrected chi connectivity index (χ1v) is 7.93. The molecule has 0 saturated carbocycles. The van der Waals surface area contributed by atoms with Crippen molar-refractivity contribution in [1.29, 1.82) is 0 Å². The van der Waals surface area contributed by atoms with E-state index in [9.17, 15) is 9.18 Å². The van der Waals surface area contributed by atoms with Crippen molar-refractivity contribution in [2.75, 3.05) is 12.3 Å². The highest BCUT2D eigenvalue weighted by Crippen LogP contribution is 2.16. The summed E-state index contributed by atoms with van der Waals surface area (Å²) in [5, 5.41) is 4.88. The first-order chi connectivity index (χ1) is 9.25. The molecule has 2 aromatic rings. The van der Waals surface area contributed by atoms with Crippen LogP contribution in [-0.4, -0.2) is 18.2 Å². The smallest absolute Gasteiger partial charge is 0.251 e. The van der Waals surface area contributed by atoms with E-state index in [2.05, 4.69) is 16.8 Å². The highest BCUT2D eigenvalue weighted by atomic mass is 32.2. The van der Waals surface area contributed by atoms with Gasteiger partial charge in [-0.3, -0.25) is 4.79 Å². The Morgan fingerprint density at radius 1 is 1.26 bits per heavy atom. The van der Waals surface area contributed by atoms with Crippen LogP contribution in [0.2, 0.25) is 0 Å². The summed E-state index contributed by atoms with van der Waals surface area (Å²) in [6.07, 6.45) is 0. The molecule has 0 spiro atoms. The molecule has 1 aromatic heterocycles. The summed E-state index contributed by atoms with van der Waals surface area (Å²) in [5.74, 6) is 1.36. The third kappa shape index (κ3) is 4.69. The maximum Gasteiger partial charge on any atom is 0.251 e. The molecule has 0 aliphatic rings. The number of carbonyl (C=O) groups is 1. The van der Waals surface area contributed by atoms with Gasteiger partial charge in [-0.05, 0) is 35.7 Å². The second-order valence-corrected chi connectivity index (χ2v) is 6.03. The second-order valence-electron chi connectivity index (χ2n) is 3.89. The first kappa shape index (κ1) is 14.1. The first-order valence-electron chi connectivity index (χ1n) is 5.89. The maximum absolute atomic E-state index is 12.7. The minimum atomic E-state index is -0.331. The Balaban J connectivity index is 1.65. The van der Waals surface area contributed by atoms with Gasteiger partial charge < -0.3 is 5.32 Å². The fourth-order valence-electron chi connectivity index (χ4n) is 1.51. The molecule has 0 aliphatic heterocycles. The molecule has 0 saturated heterocycles. The van der Waals surface area contributed by atoms with E-state index in [1.807, 2.05) is 6.07 Å². The van der Waals surface area contributed by atoms with Gasteiger partial charge in [0.15, 0.2) is 0 Å². The fraction of sp³-hybridized carbons (Fsp3) is 0.214. The fourth-order valence-corrected chi connectivity index (χ4v) is 3.21. The number of halogens is 1. The maximum atomic E-state index is 12.7. The normalized spacial score (nSPS) is 10.4. The zero-order valence-electron chi connectivity index (χ0n) is 10.3. The van der Waals surface area contributed by atoms with Crippen molar-refractivity contribution in [1.82, 2.24) is 5.32 Å². The Labute approximate surface area is 120 Å². The number of benzene rings is 1. The van der Waals surface area contributed by atoms with Gasteiger partial charge in [0.2, 0.25) is 0 Å². The molecule has 0 radical (unpaired) electrons. The highest BCUT2D eigenvalue weighted by Gasteiger charge is 2.04. The Morgan fingerprint density at radius 3 is 2.74 bits per heavy atom. The summed E-state index contributed by atoms with van der Waals surface area (Å²) in [6.45, 7) is 0.617. The van der Waals surface area contributed by atoms with Crippen molar-refractivity contribution in [2.24, 2.45) is 0 Å². The zero-order chi connectivity index (χ0) is 13.5. The lowest BCUT2D eigenvalue weighted by atomic mass is 10.2. The van der Waals surface area contributed by atoms with E-state index < -0.39 is 0 Å². The molecular formula is C14H14FNOS2. The zero-order valence-corrected chi connectivity index (χ0v) is 11.9. The summed E-state index contributed by atoms with van der Waals surface area (Å²) in [6, 6.07) is 9.71. The molecule has 2 rings (SSSR count). The van der Waals surface area contributed by atoms with Gasteiger partial charge in [0, 0.05) is 28.5 Å². The molecule has 0 fully saturated rings. The van der Waals surface area contributed by atoms with Crippen LogP contribution in [0.25, 0.3) is 0 Å². The Kier molecular flexibility index (Phi) is 5.42. The van der Waals surface area contributed by atoms with Gasteiger partial charge in [-0.25, -0.2) is 4.39 Å². The average molecular weight is 295 g/mol. The number of hydrogen-bond donors (Lipinski definition) is 1. The van der Waals surface area contributed by atoms with E-state index >= 15 is 0 Å². The molecule has 1 aromatic carbocycles. The quantitative estimate of drug-likeness (QED) is 0.826. The lowest BCUT2D eigenvalue weighted by Crippen LogP contribution is -2.25. The number of thiophene rings is 1. The van der Waals surface area contributed by atoms with E-state index in [1.165, 1.54) is 29.1 Å². The van der Waals surface area contributed by atoms with Crippen LogP contribution in [0.15, 0.2) is 41.8 Å². The second kappa shape index (κ2) is 7.31. The summed E-state index contributed by atoms with van der Waals surface area (Å²) in [7, 11) is 0. The molecule has 2 nitrogen and oxygen atoms in total. The van der Waals surface area contributed by atoms with Crippen LogP contribution < -0.4 is 5.32 Å². The summed E-state index contributed by atoms with van der Waals surface area (Å²) in [5.41, 5.74) is 0.490. The lowest BCUT2D eigenvalue weighted by molar-refractivity contribution is 0.0956. The molecular weight excluding hydrogens is 281 g/mol. The standard InChI is InChI=1S/C14H14FNOS2/c15-12-5-3-11(4-6-12)14(17)16-7-9-18-10-13-2-1-8-19-13/h1-6,8H,7,9-10H2,(H,16,17). The Morgan fingerprint density at radius 2 is 2.05 bits per heavy atom. The van der Waals surface area contributed by atoms with Gasteiger partial charge in [0.25, 0.3) is 5.91 Å². The van der Waals surface area contributed by atoms with Gasteiger partial charge in [0.1, 0.15) is 5.82 Å². The molecule has 0 bridgehead atoms. The summed E-state index contributed by atoms with van der Waals surface area (Å²) >= 11 is 3.53. The van der Waals surface area contributed by atoms with Crippen LogP contribution in [0.5, 0.6) is 0 Å². The molecule has 1 amide bonds. The predicted molar refractivity (Wildman–Crippen MR) is 79.2 cm³/mol. The van der Waals surface area contributed by atoms with Crippen LogP contribution in [-0.2, 0) is 5.75 Å². The topological polar surface area (TPSA) is 29.1 Å². The molecule has 19 heavy (non-hydrogen) atoms. The van der Waals surface area contributed by atoms with Crippen LogP contribution in [0.3, 0.4) is 0 Å². The van der Waals surface area contributed by atoms with Crippen molar-refractivity contribution in [3.05, 3.63) is 58.0 Å². The number of carbonyl (C=O) groups excluding carboxylic acids is 1. The van der Waals surface area contributed by atoms with Gasteiger partial charge >= 0.3 is 0 Å². The Bertz CT molecular complexity index is 511. The van der Waals surface area contributed by atoms with Crippen molar-refractivity contribution in [3.63, 3.8) is 0 Å².